The molecule has 0 bridgehead atoms. The number of ether oxygens (including phenoxy) is 2. The SMILES string of the molecule is CCOC(=O)c1ccc(NC(=O)CCS(=O)(=O)N2CCOCC2)cc1. The van der Waals surface area contributed by atoms with Gasteiger partial charge in [0.2, 0.25) is 15.9 Å². The van der Waals surface area contributed by atoms with Crippen LogP contribution in [0.3, 0.4) is 0 Å². The number of hydrogen-bond acceptors (Lipinski definition) is 6. The number of sulfonamides is 1. The summed E-state index contributed by atoms with van der Waals surface area (Å²) in [4.78, 5) is 23.5. The predicted molar refractivity (Wildman–Crippen MR) is 91.8 cm³/mol. The molecule has 1 aliphatic heterocycles. The lowest BCUT2D eigenvalue weighted by molar-refractivity contribution is -0.115. The number of hydrogen-bond donors (Lipinski definition) is 1. The summed E-state index contributed by atoms with van der Waals surface area (Å²) >= 11 is 0. The van der Waals surface area contributed by atoms with Crippen LogP contribution in [-0.4, -0.2) is 63.3 Å². The van der Waals surface area contributed by atoms with E-state index >= 15 is 0 Å². The van der Waals surface area contributed by atoms with E-state index in [4.69, 9.17) is 9.47 Å². The first-order chi connectivity index (χ1) is 11.9. The van der Waals surface area contributed by atoms with Crippen molar-refractivity contribution in [1.82, 2.24) is 4.31 Å². The fourth-order valence-electron chi connectivity index (χ4n) is 2.30. The monoisotopic (exact) mass is 370 g/mol. The zero-order valence-electron chi connectivity index (χ0n) is 14.1. The molecule has 2 rings (SSSR count). The van der Waals surface area contributed by atoms with Gasteiger partial charge in [0.25, 0.3) is 0 Å². The Bertz CT molecular complexity index is 696. The molecule has 0 unspecified atom stereocenters. The van der Waals surface area contributed by atoms with Crippen LogP contribution in [0.1, 0.15) is 23.7 Å². The van der Waals surface area contributed by atoms with Gasteiger partial charge in [0.05, 0.1) is 31.1 Å². The van der Waals surface area contributed by atoms with E-state index in [9.17, 15) is 18.0 Å². The quantitative estimate of drug-likeness (QED) is 0.714. The molecule has 8 nitrogen and oxygen atoms in total. The van der Waals surface area contributed by atoms with E-state index in [1.54, 1.807) is 19.1 Å². The van der Waals surface area contributed by atoms with Crippen molar-refractivity contribution in [3.8, 4) is 0 Å². The molecule has 0 aliphatic carbocycles. The van der Waals surface area contributed by atoms with Crippen LogP contribution in [-0.2, 0) is 24.3 Å². The molecular weight excluding hydrogens is 348 g/mol. The van der Waals surface area contributed by atoms with Gasteiger partial charge < -0.3 is 14.8 Å². The topological polar surface area (TPSA) is 102 Å². The van der Waals surface area contributed by atoms with Crippen LogP contribution in [0, 0.1) is 0 Å². The number of amides is 1. The molecule has 1 aromatic carbocycles. The first-order valence-electron chi connectivity index (χ1n) is 8.05. The van der Waals surface area contributed by atoms with Crippen LogP contribution in [0.25, 0.3) is 0 Å². The molecule has 0 spiro atoms. The Morgan fingerprint density at radius 1 is 1.20 bits per heavy atom. The van der Waals surface area contributed by atoms with Crippen molar-refractivity contribution in [1.29, 1.82) is 0 Å². The fraction of sp³-hybridized carbons (Fsp3) is 0.500. The third kappa shape index (κ3) is 5.80. The van der Waals surface area contributed by atoms with Gasteiger partial charge >= 0.3 is 5.97 Å². The second kappa shape index (κ2) is 8.93. The first kappa shape index (κ1) is 19.4. The van der Waals surface area contributed by atoms with E-state index in [0.29, 0.717) is 37.6 Å². The van der Waals surface area contributed by atoms with Crippen LogP contribution < -0.4 is 5.32 Å². The highest BCUT2D eigenvalue weighted by Gasteiger charge is 2.24. The van der Waals surface area contributed by atoms with Gasteiger partial charge in [-0.2, -0.15) is 4.31 Å². The maximum atomic E-state index is 12.2. The number of rotatable bonds is 7. The van der Waals surface area contributed by atoms with Crippen molar-refractivity contribution in [2.24, 2.45) is 0 Å². The van der Waals surface area contributed by atoms with Crippen molar-refractivity contribution in [3.63, 3.8) is 0 Å². The Hall–Kier alpha value is -1.97. The van der Waals surface area contributed by atoms with E-state index < -0.39 is 21.9 Å². The maximum Gasteiger partial charge on any atom is 0.338 e. The molecule has 1 N–H and O–H groups in total. The molecule has 138 valence electrons. The van der Waals surface area contributed by atoms with Gasteiger partial charge in [-0.15, -0.1) is 0 Å². The van der Waals surface area contributed by atoms with Crippen LogP contribution in [0.4, 0.5) is 5.69 Å². The number of carbonyl (C=O) groups is 2. The summed E-state index contributed by atoms with van der Waals surface area (Å²) < 4.78 is 35.7. The molecule has 0 atom stereocenters. The second-order valence-electron chi connectivity index (χ2n) is 5.42. The summed E-state index contributed by atoms with van der Waals surface area (Å²) in [6.45, 7) is 3.39. The van der Waals surface area contributed by atoms with E-state index in [2.05, 4.69) is 5.32 Å². The molecular formula is C16H22N2O6S. The number of esters is 1. The zero-order chi connectivity index (χ0) is 18.3. The van der Waals surface area contributed by atoms with Crippen LogP contribution >= 0.6 is 0 Å². The largest absolute Gasteiger partial charge is 0.462 e. The molecule has 0 radical (unpaired) electrons. The highest BCUT2D eigenvalue weighted by molar-refractivity contribution is 7.89. The Morgan fingerprint density at radius 2 is 1.84 bits per heavy atom. The van der Waals surface area contributed by atoms with E-state index in [0.717, 1.165) is 0 Å². The molecule has 1 fully saturated rings. The van der Waals surface area contributed by atoms with Crippen LogP contribution in [0.15, 0.2) is 24.3 Å². The Morgan fingerprint density at radius 3 is 2.44 bits per heavy atom. The van der Waals surface area contributed by atoms with Crippen molar-refractivity contribution >= 4 is 27.6 Å². The van der Waals surface area contributed by atoms with Gasteiger partial charge in [-0.05, 0) is 31.2 Å². The molecule has 1 amide bonds. The molecule has 25 heavy (non-hydrogen) atoms. The van der Waals surface area contributed by atoms with Gasteiger partial charge in [0.15, 0.2) is 0 Å². The average molecular weight is 370 g/mol. The Kier molecular flexibility index (Phi) is 6.91. The van der Waals surface area contributed by atoms with Gasteiger partial charge in [-0.25, -0.2) is 13.2 Å². The normalized spacial score (nSPS) is 15.6. The zero-order valence-corrected chi connectivity index (χ0v) is 14.9. The number of morpholine rings is 1. The van der Waals surface area contributed by atoms with E-state index in [1.807, 2.05) is 0 Å². The summed E-state index contributed by atoms with van der Waals surface area (Å²) in [5, 5.41) is 2.62. The van der Waals surface area contributed by atoms with E-state index in [-0.39, 0.29) is 18.8 Å². The third-order valence-corrected chi connectivity index (χ3v) is 5.50. The predicted octanol–water partition coefficient (Wildman–Crippen LogP) is 0.854. The Labute approximate surface area is 147 Å². The number of benzene rings is 1. The minimum Gasteiger partial charge on any atom is -0.462 e. The molecule has 0 aromatic heterocycles. The second-order valence-corrected chi connectivity index (χ2v) is 7.51. The highest BCUT2D eigenvalue weighted by Crippen LogP contribution is 2.12. The smallest absolute Gasteiger partial charge is 0.338 e. The number of anilines is 1. The summed E-state index contributed by atoms with van der Waals surface area (Å²) in [7, 11) is -3.46. The van der Waals surface area contributed by atoms with Crippen molar-refractivity contribution in [2.45, 2.75) is 13.3 Å². The first-order valence-corrected chi connectivity index (χ1v) is 9.66. The molecule has 1 aromatic rings. The molecule has 0 saturated carbocycles. The number of carbonyl (C=O) groups excluding carboxylic acids is 2. The Balaban J connectivity index is 1.84. The van der Waals surface area contributed by atoms with Gasteiger partial charge in [0.1, 0.15) is 0 Å². The van der Waals surface area contributed by atoms with Gasteiger partial charge in [-0.3, -0.25) is 4.79 Å². The van der Waals surface area contributed by atoms with Crippen LogP contribution in [0.2, 0.25) is 0 Å². The molecule has 1 aliphatic rings. The lowest BCUT2D eigenvalue weighted by Gasteiger charge is -2.25. The lowest BCUT2D eigenvalue weighted by Crippen LogP contribution is -2.42. The van der Waals surface area contributed by atoms with Crippen LogP contribution in [0.5, 0.6) is 0 Å². The number of nitrogens with zero attached hydrogens (tertiary/aromatic N) is 1. The van der Waals surface area contributed by atoms with Crippen molar-refractivity contribution in [2.75, 3.05) is 44.0 Å². The summed E-state index contributed by atoms with van der Waals surface area (Å²) in [6, 6.07) is 6.22. The van der Waals surface area contributed by atoms with E-state index in [1.165, 1.54) is 16.4 Å². The lowest BCUT2D eigenvalue weighted by atomic mass is 10.2. The standard InChI is InChI=1S/C16H22N2O6S/c1-2-24-16(20)13-3-5-14(6-4-13)17-15(19)7-12-25(21,22)18-8-10-23-11-9-18/h3-6H,2,7-12H2,1H3,(H,17,19). The fourth-order valence-corrected chi connectivity index (χ4v) is 3.71. The van der Waals surface area contributed by atoms with Crippen molar-refractivity contribution < 1.29 is 27.5 Å². The highest BCUT2D eigenvalue weighted by atomic mass is 32.2. The minimum absolute atomic E-state index is 0.140. The summed E-state index contributed by atoms with van der Waals surface area (Å²) in [5.74, 6) is -1.09. The third-order valence-electron chi connectivity index (χ3n) is 3.63. The van der Waals surface area contributed by atoms with Gasteiger partial charge in [-0.1, -0.05) is 0 Å². The van der Waals surface area contributed by atoms with Crippen molar-refractivity contribution in [3.05, 3.63) is 29.8 Å². The molecule has 9 heteroatoms. The molecule has 1 saturated heterocycles. The average Bonchev–Trinajstić information content (AvgIpc) is 2.62. The minimum atomic E-state index is -3.46. The van der Waals surface area contributed by atoms with Gasteiger partial charge in [0, 0.05) is 25.2 Å². The maximum absolute atomic E-state index is 12.2. The number of nitrogens with one attached hydrogen (secondary N) is 1. The summed E-state index contributed by atoms with van der Waals surface area (Å²) in [5.41, 5.74) is 0.872. The molecule has 1 heterocycles. The summed E-state index contributed by atoms with van der Waals surface area (Å²) in [6.07, 6.45) is -0.140.